The van der Waals surface area contributed by atoms with Crippen molar-refractivity contribution in [3.05, 3.63) is 35.1 Å². The molecule has 96 valence electrons. The molecule has 0 radical (unpaired) electrons. The number of carbonyl (C=O) groups is 1. The van der Waals surface area contributed by atoms with Crippen molar-refractivity contribution in [3.63, 3.8) is 0 Å². The number of halogens is 4. The van der Waals surface area contributed by atoms with Gasteiger partial charge in [-0.15, -0.1) is 0 Å². The molecule has 0 aliphatic rings. The van der Waals surface area contributed by atoms with Gasteiger partial charge < -0.3 is 0 Å². The Bertz CT molecular complexity index is 511. The average molecular weight is 276 g/mol. The topological polar surface area (TPSA) is 17.1 Å². The molecule has 6 heteroatoms. The van der Waals surface area contributed by atoms with E-state index < -0.39 is 17.6 Å². The lowest BCUT2D eigenvalue weighted by molar-refractivity contribution is -0.137. The Morgan fingerprint density at radius 3 is 2.61 bits per heavy atom. The molecule has 1 nitrogen and oxygen atoms in total. The van der Waals surface area contributed by atoms with E-state index in [9.17, 15) is 22.4 Å². The van der Waals surface area contributed by atoms with Crippen molar-refractivity contribution in [1.29, 1.82) is 0 Å². The normalized spacial score (nSPS) is 10.7. The third kappa shape index (κ3) is 4.41. The van der Waals surface area contributed by atoms with Gasteiger partial charge in [-0.2, -0.15) is 13.2 Å². The van der Waals surface area contributed by atoms with Gasteiger partial charge in [-0.05, 0) is 18.2 Å². The van der Waals surface area contributed by atoms with Crippen LogP contribution in [0.2, 0.25) is 0 Å². The Labute approximate surface area is 106 Å². The fourth-order valence-corrected chi connectivity index (χ4v) is 1.41. The minimum atomic E-state index is -4.53. The monoisotopic (exact) mass is 276 g/mol. The molecule has 0 atom stereocenters. The standard InChI is InChI=1S/C12H8F4OS/c1-8(17)18-6-2-3-9-7-10(12(14,15)16)4-5-11(9)13/h4-5,7H,6H2,1H3. The van der Waals surface area contributed by atoms with Gasteiger partial charge in [0, 0.05) is 6.92 Å². The lowest BCUT2D eigenvalue weighted by Gasteiger charge is -2.06. The number of benzene rings is 1. The summed E-state index contributed by atoms with van der Waals surface area (Å²) >= 11 is 0.909. The van der Waals surface area contributed by atoms with Gasteiger partial charge in [0.05, 0.1) is 16.9 Å². The maximum atomic E-state index is 13.2. The minimum absolute atomic E-state index is 0.116. The SMILES string of the molecule is CC(=O)SCC#Cc1cc(C(F)(F)F)ccc1F. The van der Waals surface area contributed by atoms with Crippen molar-refractivity contribution in [2.75, 3.05) is 5.75 Å². The van der Waals surface area contributed by atoms with Gasteiger partial charge >= 0.3 is 6.18 Å². The van der Waals surface area contributed by atoms with Crippen LogP contribution in [0.25, 0.3) is 0 Å². The molecule has 0 aromatic heterocycles. The lowest BCUT2D eigenvalue weighted by Crippen LogP contribution is -2.05. The summed E-state index contributed by atoms with van der Waals surface area (Å²) in [5, 5.41) is -0.159. The summed E-state index contributed by atoms with van der Waals surface area (Å²) in [6.07, 6.45) is -4.53. The van der Waals surface area contributed by atoms with E-state index in [4.69, 9.17) is 0 Å². The van der Waals surface area contributed by atoms with Crippen LogP contribution in [0.5, 0.6) is 0 Å². The molecule has 1 rings (SSSR count). The van der Waals surface area contributed by atoms with E-state index in [0.29, 0.717) is 12.1 Å². The van der Waals surface area contributed by atoms with Crippen LogP contribution in [0.15, 0.2) is 18.2 Å². The third-order valence-corrected chi connectivity index (χ3v) is 2.56. The van der Waals surface area contributed by atoms with Crippen LogP contribution in [0.4, 0.5) is 17.6 Å². The highest BCUT2D eigenvalue weighted by Crippen LogP contribution is 2.30. The molecular weight excluding hydrogens is 268 g/mol. The fourth-order valence-electron chi connectivity index (χ4n) is 1.07. The number of hydrogen-bond acceptors (Lipinski definition) is 2. The van der Waals surface area contributed by atoms with E-state index in [2.05, 4.69) is 11.8 Å². The fraction of sp³-hybridized carbons (Fsp3) is 0.250. The van der Waals surface area contributed by atoms with Crippen LogP contribution >= 0.6 is 11.8 Å². The molecule has 0 saturated carbocycles. The van der Waals surface area contributed by atoms with Gasteiger partial charge in [0.2, 0.25) is 0 Å². The zero-order valence-corrected chi connectivity index (χ0v) is 10.1. The van der Waals surface area contributed by atoms with Crippen molar-refractivity contribution >= 4 is 16.9 Å². The van der Waals surface area contributed by atoms with E-state index in [1.807, 2.05) is 0 Å². The van der Waals surface area contributed by atoms with Crippen molar-refractivity contribution in [3.8, 4) is 11.8 Å². The van der Waals surface area contributed by atoms with E-state index in [-0.39, 0.29) is 16.4 Å². The largest absolute Gasteiger partial charge is 0.416 e. The number of carbonyl (C=O) groups excluding carboxylic acids is 1. The number of thioether (sulfide) groups is 1. The van der Waals surface area contributed by atoms with Crippen LogP contribution in [0, 0.1) is 17.7 Å². The smallest absolute Gasteiger partial charge is 0.288 e. The summed E-state index contributed by atoms with van der Waals surface area (Å²) in [5.74, 6) is 4.02. The van der Waals surface area contributed by atoms with Crippen LogP contribution < -0.4 is 0 Å². The molecule has 0 saturated heterocycles. The highest BCUT2D eigenvalue weighted by atomic mass is 32.2. The Balaban J connectivity index is 2.91. The minimum Gasteiger partial charge on any atom is -0.288 e. The first-order valence-electron chi connectivity index (χ1n) is 4.79. The van der Waals surface area contributed by atoms with Gasteiger partial charge in [-0.1, -0.05) is 23.6 Å². The molecule has 0 heterocycles. The maximum Gasteiger partial charge on any atom is 0.416 e. The van der Waals surface area contributed by atoms with Crippen LogP contribution in [-0.4, -0.2) is 10.9 Å². The van der Waals surface area contributed by atoms with Crippen LogP contribution in [-0.2, 0) is 11.0 Å². The summed E-state index contributed by atoms with van der Waals surface area (Å²) < 4.78 is 50.3. The van der Waals surface area contributed by atoms with Gasteiger partial charge in [-0.3, -0.25) is 4.79 Å². The predicted octanol–water partition coefficient (Wildman–Crippen LogP) is 3.48. The molecule has 1 aromatic rings. The lowest BCUT2D eigenvalue weighted by atomic mass is 10.1. The molecule has 1 aromatic carbocycles. The number of alkyl halides is 3. The molecular formula is C12H8F4OS. The first-order chi connectivity index (χ1) is 8.30. The molecule has 0 fully saturated rings. The van der Waals surface area contributed by atoms with E-state index in [1.165, 1.54) is 6.92 Å². The third-order valence-electron chi connectivity index (χ3n) is 1.86. The quantitative estimate of drug-likeness (QED) is 0.577. The first kappa shape index (κ1) is 14.6. The Kier molecular flexibility index (Phi) is 4.79. The molecule has 18 heavy (non-hydrogen) atoms. The molecule has 0 spiro atoms. The van der Waals surface area contributed by atoms with Crippen LogP contribution in [0.3, 0.4) is 0 Å². The van der Waals surface area contributed by atoms with Crippen molar-refractivity contribution < 1.29 is 22.4 Å². The first-order valence-corrected chi connectivity index (χ1v) is 5.78. The van der Waals surface area contributed by atoms with E-state index >= 15 is 0 Å². The van der Waals surface area contributed by atoms with Crippen molar-refractivity contribution in [2.45, 2.75) is 13.1 Å². The predicted molar refractivity (Wildman–Crippen MR) is 61.4 cm³/mol. The molecule has 0 unspecified atom stereocenters. The summed E-state index contributed by atoms with van der Waals surface area (Å²) in [6, 6.07) is 2.04. The molecule has 0 bridgehead atoms. The Hall–Kier alpha value is -1.48. The number of rotatable bonds is 1. The maximum absolute atomic E-state index is 13.2. The zero-order valence-electron chi connectivity index (χ0n) is 9.27. The second-order valence-electron chi connectivity index (χ2n) is 3.27. The number of hydrogen-bond donors (Lipinski definition) is 0. The zero-order chi connectivity index (χ0) is 13.8. The molecule has 0 N–H and O–H groups in total. The molecule has 0 aliphatic heterocycles. The second-order valence-corrected chi connectivity index (χ2v) is 4.43. The van der Waals surface area contributed by atoms with E-state index in [0.717, 1.165) is 17.8 Å². The van der Waals surface area contributed by atoms with Gasteiger partial charge in [0.1, 0.15) is 5.82 Å². The highest BCUT2D eigenvalue weighted by Gasteiger charge is 2.30. The van der Waals surface area contributed by atoms with Gasteiger partial charge in [0.25, 0.3) is 0 Å². The molecule has 0 amide bonds. The summed E-state index contributed by atoms with van der Waals surface area (Å²) in [5.41, 5.74) is -1.28. The Morgan fingerprint density at radius 1 is 1.39 bits per heavy atom. The van der Waals surface area contributed by atoms with Crippen molar-refractivity contribution in [1.82, 2.24) is 0 Å². The van der Waals surface area contributed by atoms with E-state index in [1.54, 1.807) is 0 Å². The van der Waals surface area contributed by atoms with Crippen LogP contribution in [0.1, 0.15) is 18.1 Å². The average Bonchev–Trinajstić information content (AvgIpc) is 2.24. The highest BCUT2D eigenvalue weighted by molar-refractivity contribution is 8.13. The Morgan fingerprint density at radius 2 is 2.06 bits per heavy atom. The summed E-state index contributed by atoms with van der Waals surface area (Å²) in [7, 11) is 0. The van der Waals surface area contributed by atoms with Crippen molar-refractivity contribution in [2.24, 2.45) is 0 Å². The molecule has 0 aliphatic carbocycles. The second kappa shape index (κ2) is 5.91. The van der Waals surface area contributed by atoms with Gasteiger partial charge in [0.15, 0.2) is 5.12 Å². The summed E-state index contributed by atoms with van der Waals surface area (Å²) in [6.45, 7) is 1.34. The van der Waals surface area contributed by atoms with Gasteiger partial charge in [-0.25, -0.2) is 4.39 Å². The summed E-state index contributed by atoms with van der Waals surface area (Å²) in [4.78, 5) is 10.6.